The number of nitrogens with zero attached hydrogens (tertiary/aromatic N) is 3. The third-order valence-electron chi connectivity index (χ3n) is 4.97. The van der Waals surface area contributed by atoms with Crippen molar-refractivity contribution in [3.63, 3.8) is 0 Å². The van der Waals surface area contributed by atoms with Gasteiger partial charge in [0.25, 0.3) is 11.1 Å². The number of amides is 3. The number of benzene rings is 1. The molecule has 3 amide bonds. The molecule has 0 bridgehead atoms. The molecule has 2 aromatic rings. The van der Waals surface area contributed by atoms with Crippen LogP contribution in [0.1, 0.15) is 30.3 Å². The molecule has 9 nitrogen and oxygen atoms in total. The van der Waals surface area contributed by atoms with Gasteiger partial charge in [-0.15, -0.1) is 0 Å². The summed E-state index contributed by atoms with van der Waals surface area (Å²) >= 11 is 0.877. The van der Waals surface area contributed by atoms with Crippen molar-refractivity contribution >= 4 is 34.9 Å². The number of aromatic nitrogens is 2. The zero-order valence-corrected chi connectivity index (χ0v) is 20.0. The summed E-state index contributed by atoms with van der Waals surface area (Å²) in [5.74, 6) is 0.619. The Balaban J connectivity index is 1.53. The molecule has 176 valence electrons. The molecular formula is C23H28N4O5S. The Hall–Kier alpha value is -3.27. The fourth-order valence-corrected chi connectivity index (χ4v) is 4.26. The Morgan fingerprint density at radius 3 is 2.64 bits per heavy atom. The van der Waals surface area contributed by atoms with E-state index in [0.29, 0.717) is 29.6 Å². The largest absolute Gasteiger partial charge is 0.493 e. The van der Waals surface area contributed by atoms with Crippen molar-refractivity contribution in [3.05, 3.63) is 46.1 Å². The third-order valence-corrected chi connectivity index (χ3v) is 5.88. The van der Waals surface area contributed by atoms with Crippen LogP contribution in [0.5, 0.6) is 11.5 Å². The Labute approximate surface area is 197 Å². The van der Waals surface area contributed by atoms with Crippen molar-refractivity contribution in [1.82, 2.24) is 20.0 Å². The Bertz CT molecular complexity index is 1080. The van der Waals surface area contributed by atoms with Gasteiger partial charge in [0.2, 0.25) is 5.91 Å². The number of ether oxygens (including phenoxy) is 2. The molecule has 1 aromatic carbocycles. The van der Waals surface area contributed by atoms with Crippen LogP contribution in [0.4, 0.5) is 4.79 Å². The molecule has 3 rings (SSSR count). The molecule has 1 aromatic heterocycles. The smallest absolute Gasteiger partial charge is 0.293 e. The van der Waals surface area contributed by atoms with Crippen molar-refractivity contribution < 1.29 is 23.9 Å². The van der Waals surface area contributed by atoms with E-state index in [1.165, 1.54) is 0 Å². The van der Waals surface area contributed by atoms with Crippen LogP contribution >= 0.6 is 11.8 Å². The Morgan fingerprint density at radius 2 is 1.97 bits per heavy atom. The van der Waals surface area contributed by atoms with Gasteiger partial charge in [0, 0.05) is 31.7 Å². The average Bonchev–Trinajstić information content (AvgIpc) is 3.24. The normalized spacial score (nSPS) is 14.8. The lowest BCUT2D eigenvalue weighted by atomic mass is 10.2. The topological polar surface area (TPSA) is 103 Å². The van der Waals surface area contributed by atoms with Crippen molar-refractivity contribution in [1.29, 1.82) is 0 Å². The van der Waals surface area contributed by atoms with Crippen molar-refractivity contribution in [2.24, 2.45) is 0 Å². The molecule has 1 N–H and O–H groups in total. The van der Waals surface area contributed by atoms with Crippen LogP contribution in [-0.4, -0.2) is 58.5 Å². The van der Waals surface area contributed by atoms with E-state index >= 15 is 0 Å². The number of methoxy groups -OCH3 is 1. The Kier molecular flexibility index (Phi) is 8.16. The van der Waals surface area contributed by atoms with Gasteiger partial charge in [-0.05, 0) is 62.4 Å². The van der Waals surface area contributed by atoms with Crippen LogP contribution in [0.15, 0.2) is 29.2 Å². The summed E-state index contributed by atoms with van der Waals surface area (Å²) in [5.41, 5.74) is 2.62. The highest BCUT2D eigenvalue weighted by Gasteiger charge is 2.34. The van der Waals surface area contributed by atoms with E-state index in [4.69, 9.17) is 9.47 Å². The second kappa shape index (κ2) is 11.0. The van der Waals surface area contributed by atoms with Gasteiger partial charge in [0.1, 0.15) is 0 Å². The van der Waals surface area contributed by atoms with Gasteiger partial charge < -0.3 is 14.8 Å². The summed E-state index contributed by atoms with van der Waals surface area (Å²) in [6, 6.07) is 7.27. The number of rotatable bonds is 10. The molecule has 0 unspecified atom stereocenters. The maximum Gasteiger partial charge on any atom is 0.293 e. The van der Waals surface area contributed by atoms with E-state index in [1.807, 2.05) is 26.8 Å². The molecule has 10 heteroatoms. The molecule has 1 aliphatic rings. The molecule has 2 heterocycles. The molecule has 1 saturated heterocycles. The first kappa shape index (κ1) is 24.4. The number of thioether (sulfide) groups is 1. The second-order valence-electron chi connectivity index (χ2n) is 7.43. The number of carbonyl (C=O) groups excluding carboxylic acids is 3. The summed E-state index contributed by atoms with van der Waals surface area (Å²) in [5, 5.41) is 6.73. The van der Waals surface area contributed by atoms with Gasteiger partial charge in [-0.1, -0.05) is 6.07 Å². The van der Waals surface area contributed by atoms with Gasteiger partial charge in [-0.25, -0.2) is 0 Å². The standard InChI is InChI=1S/C23H28N4O5S/c1-5-32-18-7-6-17(13-19(18)31-4)14-20-22(29)26(23(30)33-20)11-9-24-21(28)8-10-27-16(3)12-15(2)25-27/h6-7,12-14H,5,8-11H2,1-4H3,(H,24,28)/b20-14-. The van der Waals surface area contributed by atoms with E-state index in [2.05, 4.69) is 10.4 Å². The molecule has 0 saturated carbocycles. The highest BCUT2D eigenvalue weighted by molar-refractivity contribution is 8.18. The number of hydrogen-bond donors (Lipinski definition) is 1. The number of hydrogen-bond acceptors (Lipinski definition) is 7. The summed E-state index contributed by atoms with van der Waals surface area (Å²) < 4.78 is 12.6. The van der Waals surface area contributed by atoms with Gasteiger partial charge in [0.05, 0.1) is 24.3 Å². The summed E-state index contributed by atoms with van der Waals surface area (Å²) in [6.07, 6.45) is 1.92. The maximum absolute atomic E-state index is 12.7. The lowest BCUT2D eigenvalue weighted by molar-refractivity contribution is -0.124. The van der Waals surface area contributed by atoms with E-state index in [9.17, 15) is 14.4 Å². The minimum atomic E-state index is -0.380. The predicted molar refractivity (Wildman–Crippen MR) is 126 cm³/mol. The summed E-state index contributed by atoms with van der Waals surface area (Å²) in [6.45, 7) is 7.01. The van der Waals surface area contributed by atoms with Gasteiger partial charge in [0.15, 0.2) is 11.5 Å². The molecular weight excluding hydrogens is 444 g/mol. The van der Waals surface area contributed by atoms with E-state index < -0.39 is 0 Å². The molecule has 0 aliphatic carbocycles. The summed E-state index contributed by atoms with van der Waals surface area (Å²) in [4.78, 5) is 38.6. The zero-order chi connectivity index (χ0) is 24.0. The van der Waals surface area contributed by atoms with E-state index in [-0.39, 0.29) is 36.6 Å². The molecule has 1 aliphatic heterocycles. The number of aryl methyl sites for hydroxylation is 3. The maximum atomic E-state index is 12.7. The highest BCUT2D eigenvalue weighted by atomic mass is 32.2. The first-order chi connectivity index (χ1) is 15.8. The third kappa shape index (κ3) is 6.16. The van der Waals surface area contributed by atoms with Crippen LogP contribution in [0, 0.1) is 13.8 Å². The van der Waals surface area contributed by atoms with Crippen molar-refractivity contribution in [3.8, 4) is 11.5 Å². The predicted octanol–water partition coefficient (Wildman–Crippen LogP) is 3.15. The van der Waals surface area contributed by atoms with Gasteiger partial charge in [-0.2, -0.15) is 5.10 Å². The SMILES string of the molecule is CCOc1ccc(/C=C2\SC(=O)N(CCNC(=O)CCn3nc(C)cc3C)C2=O)cc1OC. The quantitative estimate of drug-likeness (QED) is 0.530. The lowest BCUT2D eigenvalue weighted by Crippen LogP contribution is -2.37. The van der Waals surface area contributed by atoms with Crippen LogP contribution in [0.2, 0.25) is 0 Å². The monoisotopic (exact) mass is 472 g/mol. The van der Waals surface area contributed by atoms with Crippen LogP contribution in [0.25, 0.3) is 6.08 Å². The molecule has 0 spiro atoms. The average molecular weight is 473 g/mol. The zero-order valence-electron chi connectivity index (χ0n) is 19.2. The van der Waals surface area contributed by atoms with Crippen molar-refractivity contribution in [2.75, 3.05) is 26.8 Å². The molecule has 1 fully saturated rings. The minimum Gasteiger partial charge on any atom is -0.493 e. The van der Waals surface area contributed by atoms with Gasteiger partial charge >= 0.3 is 0 Å². The second-order valence-corrected chi connectivity index (χ2v) is 8.42. The van der Waals surface area contributed by atoms with E-state index in [1.54, 1.807) is 36.1 Å². The number of imide groups is 1. The van der Waals surface area contributed by atoms with Crippen LogP contribution < -0.4 is 14.8 Å². The summed E-state index contributed by atoms with van der Waals surface area (Å²) in [7, 11) is 1.54. The van der Waals surface area contributed by atoms with E-state index in [0.717, 1.165) is 33.6 Å². The van der Waals surface area contributed by atoms with Crippen molar-refractivity contribution in [2.45, 2.75) is 33.7 Å². The first-order valence-corrected chi connectivity index (χ1v) is 11.5. The first-order valence-electron chi connectivity index (χ1n) is 10.7. The molecule has 0 radical (unpaired) electrons. The Morgan fingerprint density at radius 1 is 1.18 bits per heavy atom. The lowest BCUT2D eigenvalue weighted by Gasteiger charge is -2.13. The van der Waals surface area contributed by atoms with Crippen LogP contribution in [-0.2, 0) is 16.1 Å². The fraction of sp³-hybridized carbons (Fsp3) is 0.391. The highest BCUT2D eigenvalue weighted by Crippen LogP contribution is 2.34. The molecule has 33 heavy (non-hydrogen) atoms. The van der Waals surface area contributed by atoms with Crippen LogP contribution in [0.3, 0.4) is 0 Å². The minimum absolute atomic E-state index is 0.111. The molecule has 0 atom stereocenters. The number of nitrogens with one attached hydrogen (secondary N) is 1. The number of carbonyl (C=O) groups is 3. The van der Waals surface area contributed by atoms with Gasteiger partial charge in [-0.3, -0.25) is 24.0 Å². The fourth-order valence-electron chi connectivity index (χ4n) is 3.40.